The molecular weight excluding hydrogens is 741 g/mol. The number of para-hydroxylation sites is 4. The van der Waals surface area contributed by atoms with E-state index in [1.165, 1.54) is 43.7 Å². The van der Waals surface area contributed by atoms with Gasteiger partial charge in [-0.15, -0.1) is 0 Å². The molecule has 0 atom stereocenters. The monoisotopic (exact) mass is 778 g/mol. The third kappa shape index (κ3) is 5.82. The van der Waals surface area contributed by atoms with Crippen LogP contribution in [0.25, 0.3) is 93.6 Å². The molecule has 0 spiro atoms. The molecule has 0 amide bonds. The van der Waals surface area contributed by atoms with Gasteiger partial charge in [0.1, 0.15) is 11.2 Å². The van der Waals surface area contributed by atoms with Gasteiger partial charge in [-0.1, -0.05) is 170 Å². The molecule has 3 nitrogen and oxygen atoms in total. The molecule has 0 bridgehead atoms. The summed E-state index contributed by atoms with van der Waals surface area (Å²) in [6.45, 7) is 0. The van der Waals surface area contributed by atoms with Gasteiger partial charge in [0.15, 0.2) is 0 Å². The summed E-state index contributed by atoms with van der Waals surface area (Å²) in [7, 11) is 0. The average Bonchev–Trinajstić information content (AvgIpc) is 3.87. The van der Waals surface area contributed by atoms with Crippen molar-refractivity contribution < 1.29 is 4.42 Å². The first kappa shape index (κ1) is 34.9. The molecule has 2 heterocycles. The predicted molar refractivity (Wildman–Crippen MR) is 257 cm³/mol. The van der Waals surface area contributed by atoms with Crippen molar-refractivity contribution in [3.63, 3.8) is 0 Å². The van der Waals surface area contributed by atoms with E-state index in [9.17, 15) is 0 Å². The molecule has 0 saturated heterocycles. The van der Waals surface area contributed by atoms with E-state index in [0.29, 0.717) is 0 Å². The molecule has 61 heavy (non-hydrogen) atoms. The van der Waals surface area contributed by atoms with Crippen molar-refractivity contribution in [1.82, 2.24) is 4.57 Å². The second kappa shape index (κ2) is 14.3. The summed E-state index contributed by atoms with van der Waals surface area (Å²) in [5.74, 6) is 0. The van der Waals surface area contributed by atoms with Gasteiger partial charge in [-0.3, -0.25) is 0 Å². The molecule has 0 aliphatic rings. The molecule has 0 saturated carbocycles. The molecule has 286 valence electrons. The first-order chi connectivity index (χ1) is 30.3. The Kier molecular flexibility index (Phi) is 8.17. The van der Waals surface area contributed by atoms with Crippen molar-refractivity contribution in [2.24, 2.45) is 0 Å². The van der Waals surface area contributed by atoms with E-state index >= 15 is 0 Å². The number of nitrogens with zero attached hydrogens (tertiary/aromatic N) is 2. The van der Waals surface area contributed by atoms with Gasteiger partial charge in [0, 0.05) is 44.0 Å². The van der Waals surface area contributed by atoms with Crippen molar-refractivity contribution >= 4 is 71.6 Å². The van der Waals surface area contributed by atoms with Gasteiger partial charge in [0.25, 0.3) is 0 Å². The van der Waals surface area contributed by atoms with E-state index in [1.54, 1.807) is 0 Å². The number of fused-ring (bicyclic) bond motifs is 7. The Hall–Kier alpha value is -8.14. The zero-order chi connectivity index (χ0) is 40.3. The van der Waals surface area contributed by atoms with Crippen molar-refractivity contribution in [3.8, 4) is 39.1 Å². The molecule has 0 aliphatic heterocycles. The minimum Gasteiger partial charge on any atom is -0.456 e. The van der Waals surface area contributed by atoms with E-state index in [4.69, 9.17) is 4.42 Å². The summed E-state index contributed by atoms with van der Waals surface area (Å²) in [4.78, 5) is 2.42. The average molecular weight is 779 g/mol. The second-order valence-electron chi connectivity index (χ2n) is 15.7. The number of rotatable bonds is 7. The van der Waals surface area contributed by atoms with Crippen molar-refractivity contribution in [1.29, 1.82) is 0 Å². The lowest BCUT2D eigenvalue weighted by Crippen LogP contribution is -2.11. The van der Waals surface area contributed by atoms with E-state index < -0.39 is 0 Å². The Morgan fingerprint density at radius 3 is 1.70 bits per heavy atom. The van der Waals surface area contributed by atoms with Gasteiger partial charge in [0.05, 0.1) is 22.4 Å². The van der Waals surface area contributed by atoms with Crippen LogP contribution in [-0.2, 0) is 0 Å². The largest absolute Gasteiger partial charge is 0.456 e. The maximum atomic E-state index is 6.35. The van der Waals surface area contributed by atoms with Crippen LogP contribution in [0.1, 0.15) is 0 Å². The zero-order valence-corrected chi connectivity index (χ0v) is 33.2. The molecule has 2 aromatic heterocycles. The van der Waals surface area contributed by atoms with Crippen LogP contribution in [0.5, 0.6) is 0 Å². The van der Waals surface area contributed by atoms with Crippen molar-refractivity contribution in [2.75, 3.05) is 4.90 Å². The first-order valence-corrected chi connectivity index (χ1v) is 20.8. The van der Waals surface area contributed by atoms with Gasteiger partial charge in [-0.2, -0.15) is 0 Å². The maximum Gasteiger partial charge on any atom is 0.135 e. The molecule has 3 heteroatoms. The number of hydrogen-bond donors (Lipinski definition) is 0. The van der Waals surface area contributed by atoms with Crippen LogP contribution in [0, 0.1) is 0 Å². The van der Waals surface area contributed by atoms with Gasteiger partial charge in [-0.05, 0) is 93.7 Å². The Labute approximate surface area is 353 Å². The number of benzene rings is 10. The lowest BCUT2D eigenvalue weighted by Gasteiger charge is -2.29. The third-order valence-corrected chi connectivity index (χ3v) is 12.2. The molecule has 12 rings (SSSR count). The van der Waals surface area contributed by atoms with Crippen LogP contribution in [-0.4, -0.2) is 4.57 Å². The quantitative estimate of drug-likeness (QED) is 0.161. The molecule has 0 radical (unpaired) electrons. The summed E-state index contributed by atoms with van der Waals surface area (Å²) >= 11 is 0. The van der Waals surface area contributed by atoms with E-state index in [2.05, 4.69) is 228 Å². The highest BCUT2D eigenvalue weighted by Crippen LogP contribution is 2.46. The highest BCUT2D eigenvalue weighted by Gasteiger charge is 2.22. The van der Waals surface area contributed by atoms with Crippen LogP contribution in [0.15, 0.2) is 235 Å². The molecule has 0 N–H and O–H groups in total. The summed E-state index contributed by atoms with van der Waals surface area (Å²) in [5, 5.41) is 7.14. The number of furan rings is 1. The van der Waals surface area contributed by atoms with E-state index in [-0.39, 0.29) is 0 Å². The standard InChI is InChI=1S/C58H38N2O/c1-2-15-40(16-3-1)48-35-31-42(46-24-14-18-39-17-4-5-19-45(39)46)37-56(48)59(44-34-36-58-52(38-44)51-23-9-13-28-57(51)61-58)43-32-29-41(30-33-43)47-20-6-10-25-53(47)60-54-26-11-7-21-49(54)50-22-8-12-27-55(50)60/h1-38H. The topological polar surface area (TPSA) is 21.3 Å². The summed E-state index contributed by atoms with van der Waals surface area (Å²) in [6, 6.07) is 83.1. The lowest BCUT2D eigenvalue weighted by molar-refractivity contribution is 0.669. The fourth-order valence-corrected chi connectivity index (χ4v) is 9.39. The summed E-state index contributed by atoms with van der Waals surface area (Å²) in [5.41, 5.74) is 15.4. The zero-order valence-electron chi connectivity index (χ0n) is 33.2. The number of hydrogen-bond acceptors (Lipinski definition) is 2. The molecule has 0 aliphatic carbocycles. The van der Waals surface area contributed by atoms with Gasteiger partial charge >= 0.3 is 0 Å². The second-order valence-corrected chi connectivity index (χ2v) is 15.7. The third-order valence-electron chi connectivity index (χ3n) is 12.2. The van der Waals surface area contributed by atoms with Gasteiger partial charge < -0.3 is 13.9 Å². The normalized spacial score (nSPS) is 11.6. The van der Waals surface area contributed by atoms with E-state index in [1.807, 2.05) is 12.1 Å². The van der Waals surface area contributed by atoms with E-state index in [0.717, 1.165) is 66.9 Å². The minimum atomic E-state index is 0.870. The molecule has 10 aromatic carbocycles. The predicted octanol–water partition coefficient (Wildman–Crippen LogP) is 16.3. The number of anilines is 3. The van der Waals surface area contributed by atoms with Gasteiger partial charge in [0.2, 0.25) is 0 Å². The van der Waals surface area contributed by atoms with Crippen LogP contribution in [0.3, 0.4) is 0 Å². The maximum absolute atomic E-state index is 6.35. The van der Waals surface area contributed by atoms with Crippen LogP contribution >= 0.6 is 0 Å². The lowest BCUT2D eigenvalue weighted by atomic mass is 9.94. The Morgan fingerprint density at radius 2 is 0.902 bits per heavy atom. The Morgan fingerprint density at radius 1 is 0.328 bits per heavy atom. The smallest absolute Gasteiger partial charge is 0.135 e. The van der Waals surface area contributed by atoms with Crippen molar-refractivity contribution in [2.45, 2.75) is 0 Å². The fourth-order valence-electron chi connectivity index (χ4n) is 9.39. The number of aromatic nitrogens is 1. The Bertz CT molecular complexity index is 3540. The molecule has 0 unspecified atom stereocenters. The summed E-state index contributed by atoms with van der Waals surface area (Å²) in [6.07, 6.45) is 0. The Balaban J connectivity index is 1.07. The van der Waals surface area contributed by atoms with Crippen molar-refractivity contribution in [3.05, 3.63) is 231 Å². The SMILES string of the molecule is c1ccc(-c2ccc(-c3cccc4ccccc34)cc2N(c2ccc(-c3ccccc3-n3c4ccccc4c4ccccc43)cc2)c2ccc3oc4ccccc4c3c2)cc1. The molecule has 12 aromatic rings. The molecule has 0 fully saturated rings. The highest BCUT2D eigenvalue weighted by atomic mass is 16.3. The van der Waals surface area contributed by atoms with Crippen LogP contribution in [0.2, 0.25) is 0 Å². The highest BCUT2D eigenvalue weighted by molar-refractivity contribution is 6.10. The fraction of sp³-hybridized carbons (Fsp3) is 0. The first-order valence-electron chi connectivity index (χ1n) is 20.8. The molecular formula is C58H38N2O. The van der Waals surface area contributed by atoms with Gasteiger partial charge in [-0.25, -0.2) is 0 Å². The van der Waals surface area contributed by atoms with Crippen LogP contribution in [0.4, 0.5) is 17.1 Å². The minimum absolute atomic E-state index is 0.870. The summed E-state index contributed by atoms with van der Waals surface area (Å²) < 4.78 is 8.76. The van der Waals surface area contributed by atoms with Crippen LogP contribution < -0.4 is 4.90 Å².